The van der Waals surface area contributed by atoms with Crippen LogP contribution in [0.1, 0.15) is 17.8 Å². The molecular weight excluding hydrogens is 241 g/mol. The summed E-state index contributed by atoms with van der Waals surface area (Å²) in [6, 6.07) is 6.90. The van der Waals surface area contributed by atoms with E-state index in [2.05, 4.69) is 15.3 Å². The smallest absolute Gasteiger partial charge is 0.128 e. The minimum absolute atomic E-state index is 0.188. The summed E-state index contributed by atoms with van der Waals surface area (Å²) in [5.41, 5.74) is 2.40. The summed E-state index contributed by atoms with van der Waals surface area (Å²) in [6.45, 7) is 2.71. The summed E-state index contributed by atoms with van der Waals surface area (Å²) in [5, 5.41) is 3.10. The molecule has 1 N–H and O–H groups in total. The molecule has 0 saturated carbocycles. The molecule has 2 aromatic rings. The maximum absolute atomic E-state index is 13.3. The number of benzene rings is 1. The topological polar surface area (TPSA) is 37.8 Å². The summed E-state index contributed by atoms with van der Waals surface area (Å²) in [4.78, 5) is 8.79. The Kier molecular flexibility index (Phi) is 4.58. The van der Waals surface area contributed by atoms with Gasteiger partial charge in [-0.15, -0.1) is 0 Å². The molecule has 3 nitrogen and oxygen atoms in total. The van der Waals surface area contributed by atoms with Gasteiger partial charge in [0.15, 0.2) is 0 Å². The molecule has 100 valence electrons. The van der Waals surface area contributed by atoms with Gasteiger partial charge < -0.3 is 5.32 Å². The largest absolute Gasteiger partial charge is 0.320 e. The Hall–Kier alpha value is -1.81. The Morgan fingerprint density at radius 3 is 2.84 bits per heavy atom. The van der Waals surface area contributed by atoms with Gasteiger partial charge in [-0.1, -0.05) is 0 Å². The second kappa shape index (κ2) is 6.38. The van der Waals surface area contributed by atoms with Crippen LogP contribution >= 0.6 is 0 Å². The Morgan fingerprint density at radius 1 is 1.26 bits per heavy atom. The molecule has 0 radical (unpaired) electrons. The normalized spacial score (nSPS) is 10.7. The van der Waals surface area contributed by atoms with Crippen molar-refractivity contribution in [3.8, 4) is 11.3 Å². The van der Waals surface area contributed by atoms with E-state index < -0.39 is 0 Å². The Labute approximate surface area is 112 Å². The molecule has 1 heterocycles. The average molecular weight is 259 g/mol. The van der Waals surface area contributed by atoms with Gasteiger partial charge in [-0.05, 0) is 56.8 Å². The third-order valence-electron chi connectivity index (χ3n) is 2.99. The van der Waals surface area contributed by atoms with Crippen LogP contribution in [0.3, 0.4) is 0 Å². The highest BCUT2D eigenvalue weighted by Gasteiger charge is 2.04. The van der Waals surface area contributed by atoms with Crippen LogP contribution in [0.2, 0.25) is 0 Å². The van der Waals surface area contributed by atoms with Gasteiger partial charge in [-0.2, -0.15) is 0 Å². The molecule has 0 atom stereocenters. The molecule has 0 fully saturated rings. The molecule has 0 saturated heterocycles. The zero-order valence-electron chi connectivity index (χ0n) is 11.3. The van der Waals surface area contributed by atoms with Crippen molar-refractivity contribution >= 4 is 0 Å². The van der Waals surface area contributed by atoms with Gasteiger partial charge in [0.2, 0.25) is 0 Å². The van der Waals surface area contributed by atoms with Crippen LogP contribution in [0, 0.1) is 12.7 Å². The van der Waals surface area contributed by atoms with E-state index >= 15 is 0 Å². The Balaban J connectivity index is 2.19. The van der Waals surface area contributed by atoms with Gasteiger partial charge in [-0.25, -0.2) is 14.4 Å². The van der Waals surface area contributed by atoms with Crippen molar-refractivity contribution in [2.45, 2.75) is 19.8 Å². The first-order valence-corrected chi connectivity index (χ1v) is 6.44. The SMILES string of the molecule is CNCCCc1nccc(-c2ccc(F)c(C)c2)n1. The zero-order chi connectivity index (χ0) is 13.7. The number of hydrogen-bond donors (Lipinski definition) is 1. The third-order valence-corrected chi connectivity index (χ3v) is 2.99. The number of rotatable bonds is 5. The summed E-state index contributed by atoms with van der Waals surface area (Å²) >= 11 is 0. The fourth-order valence-corrected chi connectivity index (χ4v) is 1.91. The predicted molar refractivity (Wildman–Crippen MR) is 74.4 cm³/mol. The molecule has 1 aromatic heterocycles. The maximum atomic E-state index is 13.3. The summed E-state index contributed by atoms with van der Waals surface area (Å²) in [7, 11) is 1.93. The van der Waals surface area contributed by atoms with Crippen molar-refractivity contribution < 1.29 is 4.39 Å². The monoisotopic (exact) mass is 259 g/mol. The van der Waals surface area contributed by atoms with Crippen LogP contribution in [-0.2, 0) is 6.42 Å². The number of nitrogens with zero attached hydrogens (tertiary/aromatic N) is 2. The van der Waals surface area contributed by atoms with E-state index in [9.17, 15) is 4.39 Å². The van der Waals surface area contributed by atoms with E-state index in [-0.39, 0.29) is 5.82 Å². The molecule has 0 amide bonds. The lowest BCUT2D eigenvalue weighted by Crippen LogP contribution is -2.09. The fourth-order valence-electron chi connectivity index (χ4n) is 1.91. The van der Waals surface area contributed by atoms with Crippen LogP contribution in [0.5, 0.6) is 0 Å². The van der Waals surface area contributed by atoms with E-state index in [1.165, 1.54) is 6.07 Å². The van der Waals surface area contributed by atoms with Crippen molar-refractivity contribution in [1.29, 1.82) is 0 Å². The molecule has 2 rings (SSSR count). The van der Waals surface area contributed by atoms with E-state index in [1.807, 2.05) is 19.2 Å². The van der Waals surface area contributed by atoms with E-state index in [0.717, 1.165) is 36.5 Å². The molecule has 4 heteroatoms. The van der Waals surface area contributed by atoms with E-state index in [4.69, 9.17) is 0 Å². The number of halogens is 1. The minimum Gasteiger partial charge on any atom is -0.320 e. The number of nitrogens with one attached hydrogen (secondary N) is 1. The number of aryl methyl sites for hydroxylation is 2. The van der Waals surface area contributed by atoms with Crippen LogP contribution < -0.4 is 5.32 Å². The molecule has 0 spiro atoms. The summed E-state index contributed by atoms with van der Waals surface area (Å²) in [5.74, 6) is 0.641. The highest BCUT2D eigenvalue weighted by molar-refractivity contribution is 5.59. The maximum Gasteiger partial charge on any atom is 0.128 e. The highest BCUT2D eigenvalue weighted by atomic mass is 19.1. The van der Waals surface area contributed by atoms with Gasteiger partial charge in [0.1, 0.15) is 11.6 Å². The van der Waals surface area contributed by atoms with Crippen molar-refractivity contribution in [2.75, 3.05) is 13.6 Å². The number of hydrogen-bond acceptors (Lipinski definition) is 3. The standard InChI is InChI=1S/C15H18FN3/c1-11-10-12(5-6-13(11)16)14-7-9-18-15(19-14)4-3-8-17-2/h5-7,9-10,17H,3-4,8H2,1-2H3. The lowest BCUT2D eigenvalue weighted by atomic mass is 10.1. The van der Waals surface area contributed by atoms with Crippen LogP contribution in [-0.4, -0.2) is 23.6 Å². The first-order chi connectivity index (χ1) is 9.20. The van der Waals surface area contributed by atoms with Gasteiger partial charge in [0.05, 0.1) is 5.69 Å². The second-order valence-corrected chi connectivity index (χ2v) is 4.53. The quantitative estimate of drug-likeness (QED) is 0.839. The molecular formula is C15H18FN3. The van der Waals surface area contributed by atoms with Crippen molar-refractivity contribution in [2.24, 2.45) is 0 Å². The first-order valence-electron chi connectivity index (χ1n) is 6.44. The molecule has 0 bridgehead atoms. The molecule has 0 unspecified atom stereocenters. The van der Waals surface area contributed by atoms with Gasteiger partial charge >= 0.3 is 0 Å². The number of aromatic nitrogens is 2. The first kappa shape index (κ1) is 13.6. The van der Waals surface area contributed by atoms with E-state index in [1.54, 1.807) is 19.2 Å². The molecule has 19 heavy (non-hydrogen) atoms. The van der Waals surface area contributed by atoms with Gasteiger partial charge in [0.25, 0.3) is 0 Å². The van der Waals surface area contributed by atoms with Crippen LogP contribution in [0.15, 0.2) is 30.5 Å². The van der Waals surface area contributed by atoms with E-state index in [0.29, 0.717) is 5.56 Å². The zero-order valence-corrected chi connectivity index (χ0v) is 11.3. The average Bonchev–Trinajstić information content (AvgIpc) is 2.43. The minimum atomic E-state index is -0.188. The van der Waals surface area contributed by atoms with Crippen LogP contribution in [0.25, 0.3) is 11.3 Å². The van der Waals surface area contributed by atoms with Gasteiger partial charge in [0, 0.05) is 18.2 Å². The predicted octanol–water partition coefficient (Wildman–Crippen LogP) is 2.74. The third kappa shape index (κ3) is 3.58. The molecule has 1 aromatic carbocycles. The Morgan fingerprint density at radius 2 is 2.11 bits per heavy atom. The lowest BCUT2D eigenvalue weighted by Gasteiger charge is -2.05. The molecule has 0 aliphatic carbocycles. The van der Waals surface area contributed by atoms with Crippen molar-refractivity contribution in [3.05, 3.63) is 47.7 Å². The van der Waals surface area contributed by atoms with Crippen molar-refractivity contribution in [1.82, 2.24) is 15.3 Å². The summed E-state index contributed by atoms with van der Waals surface area (Å²) < 4.78 is 13.3. The summed E-state index contributed by atoms with van der Waals surface area (Å²) in [6.07, 6.45) is 3.60. The fraction of sp³-hybridized carbons (Fsp3) is 0.333. The molecule has 0 aliphatic rings. The highest BCUT2D eigenvalue weighted by Crippen LogP contribution is 2.19. The Bertz CT molecular complexity index is 555. The molecule has 0 aliphatic heterocycles. The van der Waals surface area contributed by atoms with Crippen LogP contribution in [0.4, 0.5) is 4.39 Å². The van der Waals surface area contributed by atoms with Crippen molar-refractivity contribution in [3.63, 3.8) is 0 Å². The second-order valence-electron chi connectivity index (χ2n) is 4.53. The lowest BCUT2D eigenvalue weighted by molar-refractivity contribution is 0.618. The van der Waals surface area contributed by atoms with Gasteiger partial charge in [-0.3, -0.25) is 0 Å².